The van der Waals surface area contributed by atoms with Gasteiger partial charge in [-0.3, -0.25) is 0 Å². The van der Waals surface area contributed by atoms with Crippen molar-refractivity contribution < 1.29 is 23.7 Å². The lowest BCUT2D eigenvalue weighted by Crippen LogP contribution is -2.36. The summed E-state index contributed by atoms with van der Waals surface area (Å²) in [6.07, 6.45) is 0. The average molecular weight is 270 g/mol. The van der Waals surface area contributed by atoms with Crippen molar-refractivity contribution in [1.29, 1.82) is 0 Å². The lowest BCUT2D eigenvalue weighted by molar-refractivity contribution is -0.0716. The Labute approximate surface area is 103 Å². The number of aliphatic hydroxyl groups excluding tert-OH is 1. The van der Waals surface area contributed by atoms with Crippen LogP contribution in [0.3, 0.4) is 0 Å². The van der Waals surface area contributed by atoms with E-state index in [9.17, 15) is 13.9 Å². The van der Waals surface area contributed by atoms with Gasteiger partial charge >= 0.3 is 0 Å². The van der Waals surface area contributed by atoms with Gasteiger partial charge in [0.25, 0.3) is 5.92 Å². The molecule has 0 fully saturated rings. The van der Waals surface area contributed by atoms with Crippen LogP contribution in [0.15, 0.2) is 18.2 Å². The van der Waals surface area contributed by atoms with E-state index in [2.05, 4.69) is 0 Å². The predicted octanol–water partition coefficient (Wildman–Crippen LogP) is 1.45. The predicted molar refractivity (Wildman–Crippen MR) is 60.9 cm³/mol. The van der Waals surface area contributed by atoms with Crippen molar-refractivity contribution in [2.45, 2.75) is 12.0 Å². The molecule has 0 aliphatic heterocycles. The van der Waals surface area contributed by atoms with Crippen LogP contribution in [0.25, 0.3) is 0 Å². The molecule has 1 atom stereocenters. The highest BCUT2D eigenvalue weighted by Gasteiger charge is 2.39. The molecule has 0 unspecified atom stereocenters. The maximum atomic E-state index is 13.1. The molecular weight excluding hydrogens is 256 g/mol. The number of phenols is 1. The average Bonchev–Trinajstić information content (AvgIpc) is 2.28. The second-order valence-electron chi connectivity index (χ2n) is 3.29. The van der Waals surface area contributed by atoms with Gasteiger partial charge in [-0.25, -0.2) is 8.78 Å². The molecule has 0 radical (unpaired) electrons. The van der Waals surface area contributed by atoms with Crippen molar-refractivity contribution in [3.05, 3.63) is 23.8 Å². The summed E-state index contributed by atoms with van der Waals surface area (Å²) in [4.78, 5) is 0. The highest BCUT2D eigenvalue weighted by Crippen LogP contribution is 2.38. The van der Waals surface area contributed by atoms with Crippen LogP contribution in [-0.2, 0) is 0 Å². The third kappa shape index (κ3) is 3.18. The molecule has 0 saturated heterocycles. The number of alkyl halides is 2. The standard InChI is InChI=1S/C10H13F2NO3.ClH/c1-16-7-4-2-3-6(8(7)15)9(13)10(11,12)5-14;/h2-4,9,14-15H,5,13H2,1H3;1H/t9-;/m1./s1. The number of rotatable bonds is 4. The van der Waals surface area contributed by atoms with Crippen LogP contribution in [-0.4, -0.2) is 29.9 Å². The van der Waals surface area contributed by atoms with Crippen molar-refractivity contribution in [2.24, 2.45) is 5.73 Å². The van der Waals surface area contributed by atoms with E-state index in [0.29, 0.717) is 0 Å². The third-order valence-corrected chi connectivity index (χ3v) is 2.25. The van der Waals surface area contributed by atoms with Crippen molar-refractivity contribution in [3.8, 4) is 11.5 Å². The molecule has 0 heterocycles. The van der Waals surface area contributed by atoms with E-state index < -0.39 is 24.3 Å². The minimum absolute atomic E-state index is 0. The Morgan fingerprint density at radius 1 is 1.47 bits per heavy atom. The first kappa shape index (κ1) is 15.9. The zero-order chi connectivity index (χ0) is 12.3. The summed E-state index contributed by atoms with van der Waals surface area (Å²) in [6, 6.07) is 2.32. The number of phenolic OH excluding ortho intramolecular Hbond substituents is 1. The molecule has 0 aliphatic rings. The molecule has 0 saturated carbocycles. The monoisotopic (exact) mass is 269 g/mol. The molecule has 0 aromatic heterocycles. The summed E-state index contributed by atoms with van der Waals surface area (Å²) in [6.45, 7) is -1.38. The Bertz CT molecular complexity index is 377. The molecule has 0 aliphatic carbocycles. The minimum atomic E-state index is -3.50. The van der Waals surface area contributed by atoms with E-state index in [1.165, 1.54) is 25.3 Å². The van der Waals surface area contributed by atoms with Crippen LogP contribution in [0, 0.1) is 0 Å². The quantitative estimate of drug-likeness (QED) is 0.773. The number of aromatic hydroxyl groups is 1. The second-order valence-corrected chi connectivity index (χ2v) is 3.29. The van der Waals surface area contributed by atoms with Crippen LogP contribution in [0.4, 0.5) is 8.78 Å². The van der Waals surface area contributed by atoms with E-state index in [-0.39, 0.29) is 23.7 Å². The van der Waals surface area contributed by atoms with E-state index in [0.717, 1.165) is 0 Å². The molecular formula is C10H14ClF2NO3. The number of methoxy groups -OCH3 is 1. The molecule has 1 aromatic rings. The minimum Gasteiger partial charge on any atom is -0.504 e. The second kappa shape index (κ2) is 6.00. The number of hydrogen-bond acceptors (Lipinski definition) is 4. The van der Waals surface area contributed by atoms with E-state index in [4.69, 9.17) is 15.6 Å². The summed E-state index contributed by atoms with van der Waals surface area (Å²) >= 11 is 0. The van der Waals surface area contributed by atoms with Crippen LogP contribution in [0.2, 0.25) is 0 Å². The van der Waals surface area contributed by atoms with Crippen molar-refractivity contribution in [3.63, 3.8) is 0 Å². The van der Waals surface area contributed by atoms with Gasteiger partial charge in [-0.05, 0) is 6.07 Å². The molecule has 98 valence electrons. The van der Waals surface area contributed by atoms with Gasteiger partial charge < -0.3 is 20.7 Å². The van der Waals surface area contributed by atoms with Crippen LogP contribution in [0.1, 0.15) is 11.6 Å². The van der Waals surface area contributed by atoms with Gasteiger partial charge in [0.05, 0.1) is 7.11 Å². The number of ether oxygens (including phenoxy) is 1. The first-order valence-corrected chi connectivity index (χ1v) is 4.54. The van der Waals surface area contributed by atoms with E-state index >= 15 is 0 Å². The number of hydrogen-bond donors (Lipinski definition) is 3. The smallest absolute Gasteiger partial charge is 0.289 e. The maximum absolute atomic E-state index is 13.1. The number of halogens is 3. The van der Waals surface area contributed by atoms with Gasteiger partial charge in [0, 0.05) is 5.56 Å². The molecule has 17 heavy (non-hydrogen) atoms. The van der Waals surface area contributed by atoms with E-state index in [1.807, 2.05) is 0 Å². The zero-order valence-corrected chi connectivity index (χ0v) is 9.88. The van der Waals surface area contributed by atoms with Gasteiger partial charge in [-0.1, -0.05) is 12.1 Å². The fraction of sp³-hybridized carbons (Fsp3) is 0.400. The van der Waals surface area contributed by atoms with E-state index in [1.54, 1.807) is 0 Å². The summed E-state index contributed by atoms with van der Waals surface area (Å²) in [7, 11) is 1.30. The Balaban J connectivity index is 0.00000256. The molecule has 1 aromatic carbocycles. The zero-order valence-electron chi connectivity index (χ0n) is 9.06. The van der Waals surface area contributed by atoms with Crippen LogP contribution in [0.5, 0.6) is 11.5 Å². The van der Waals surface area contributed by atoms with Gasteiger partial charge in [0.15, 0.2) is 11.5 Å². The molecule has 1 rings (SSSR count). The number of benzene rings is 1. The van der Waals surface area contributed by atoms with Gasteiger partial charge in [0.2, 0.25) is 0 Å². The number of para-hydroxylation sites is 1. The Kier molecular flexibility index (Phi) is 5.60. The summed E-state index contributed by atoms with van der Waals surface area (Å²) in [5.41, 5.74) is 5.11. The first-order valence-electron chi connectivity index (χ1n) is 4.54. The summed E-state index contributed by atoms with van der Waals surface area (Å²) < 4.78 is 31.0. The molecule has 0 amide bonds. The number of aliphatic hydroxyl groups is 1. The topological polar surface area (TPSA) is 75.7 Å². The Morgan fingerprint density at radius 3 is 2.53 bits per heavy atom. The number of nitrogens with two attached hydrogens (primary N) is 1. The van der Waals surface area contributed by atoms with Gasteiger partial charge in [0.1, 0.15) is 12.6 Å². The molecule has 4 nitrogen and oxygen atoms in total. The van der Waals surface area contributed by atoms with Crippen molar-refractivity contribution in [2.75, 3.05) is 13.7 Å². The summed E-state index contributed by atoms with van der Waals surface area (Å²) in [5.74, 6) is -3.88. The van der Waals surface area contributed by atoms with Crippen molar-refractivity contribution in [1.82, 2.24) is 0 Å². The highest BCUT2D eigenvalue weighted by molar-refractivity contribution is 5.85. The molecule has 0 spiro atoms. The fourth-order valence-corrected chi connectivity index (χ4v) is 1.28. The first-order chi connectivity index (χ1) is 7.44. The lowest BCUT2D eigenvalue weighted by Gasteiger charge is -2.22. The normalized spacial score (nSPS) is 12.8. The largest absolute Gasteiger partial charge is 0.504 e. The Morgan fingerprint density at radius 2 is 2.06 bits per heavy atom. The molecule has 0 bridgehead atoms. The lowest BCUT2D eigenvalue weighted by atomic mass is 10.0. The highest BCUT2D eigenvalue weighted by atomic mass is 35.5. The summed E-state index contributed by atoms with van der Waals surface area (Å²) in [5, 5.41) is 18.1. The van der Waals surface area contributed by atoms with Gasteiger partial charge in [-0.15, -0.1) is 12.4 Å². The maximum Gasteiger partial charge on any atom is 0.289 e. The van der Waals surface area contributed by atoms with Gasteiger partial charge in [-0.2, -0.15) is 0 Å². The Hall–Kier alpha value is -1.11. The van der Waals surface area contributed by atoms with Crippen LogP contribution < -0.4 is 10.5 Å². The molecule has 7 heteroatoms. The van der Waals surface area contributed by atoms with Crippen LogP contribution >= 0.6 is 12.4 Å². The van der Waals surface area contributed by atoms with Crippen molar-refractivity contribution >= 4 is 12.4 Å². The molecule has 4 N–H and O–H groups in total. The third-order valence-electron chi connectivity index (χ3n) is 2.25. The SMILES string of the molecule is COc1cccc([C@@H](N)C(F)(F)CO)c1O.Cl. The fourth-order valence-electron chi connectivity index (χ4n) is 1.28.